The fourth-order valence-electron chi connectivity index (χ4n) is 4.67. The minimum atomic E-state index is 1.02. The van der Waals surface area contributed by atoms with Gasteiger partial charge in [-0.1, -0.05) is 133 Å². The Hall–Kier alpha value is -1.41. The maximum Gasteiger partial charge on any atom is 0.114 e. The van der Waals surface area contributed by atoms with E-state index in [2.05, 4.69) is 48.2 Å². The van der Waals surface area contributed by atoms with Crippen LogP contribution in [0.2, 0.25) is 0 Å². The molecule has 2 aromatic carbocycles. The Bertz CT molecular complexity index is 761. The van der Waals surface area contributed by atoms with Gasteiger partial charge in [-0.05, 0) is 17.9 Å². The molecule has 0 atom stereocenters. The number of rotatable bonds is 15. The summed E-state index contributed by atoms with van der Waals surface area (Å²) in [5.41, 5.74) is 2.57. The van der Waals surface area contributed by atoms with Gasteiger partial charge in [-0.2, -0.15) is 0 Å². The van der Waals surface area contributed by atoms with Gasteiger partial charge in [-0.3, -0.25) is 0 Å². The molecule has 1 nitrogen and oxygen atoms in total. The highest BCUT2D eigenvalue weighted by molar-refractivity contribution is 7.81. The summed E-state index contributed by atoms with van der Waals surface area (Å²) in [7, 11) is 0. The van der Waals surface area contributed by atoms with Crippen molar-refractivity contribution in [2.45, 2.75) is 96.8 Å². The minimum absolute atomic E-state index is 1.02. The van der Waals surface area contributed by atoms with E-state index >= 15 is 0 Å². The summed E-state index contributed by atoms with van der Waals surface area (Å²) in [5, 5.41) is 2.66. The van der Waals surface area contributed by atoms with Gasteiger partial charge in [0, 0.05) is 17.5 Å². The monoisotopic (exact) mass is 409 g/mol. The van der Waals surface area contributed by atoms with Gasteiger partial charge in [0.1, 0.15) is 4.99 Å². The molecule has 0 amide bonds. The zero-order valence-electron chi connectivity index (χ0n) is 18.4. The number of thiocarbonyl (C=S) groups is 1. The Morgan fingerprint density at radius 1 is 0.655 bits per heavy atom. The van der Waals surface area contributed by atoms with E-state index in [9.17, 15) is 0 Å². The normalized spacial score (nSPS) is 13.0. The molecule has 0 unspecified atom stereocenters. The average molecular weight is 410 g/mol. The Morgan fingerprint density at radius 2 is 1.17 bits per heavy atom. The lowest BCUT2D eigenvalue weighted by atomic mass is 10.0. The van der Waals surface area contributed by atoms with Gasteiger partial charge in [0.2, 0.25) is 0 Å². The molecule has 3 rings (SSSR count). The SMILES string of the molecule is CCCCCCCCCCCCCCCCN1C(=S)c2cccc3cccc1c23. The maximum absolute atomic E-state index is 5.78. The Balaban J connectivity index is 1.23. The Labute approximate surface area is 183 Å². The third-order valence-corrected chi connectivity index (χ3v) is 6.82. The molecule has 29 heavy (non-hydrogen) atoms. The second-order valence-corrected chi connectivity index (χ2v) is 9.12. The highest BCUT2D eigenvalue weighted by Gasteiger charge is 2.25. The molecule has 2 aromatic rings. The standard InChI is InChI=1S/C27H39NS/c1-2-3-4-5-6-7-8-9-10-11-12-13-14-15-22-28-25-21-17-19-23-18-16-20-24(26(23)25)27(28)29/h16-21H,2-15,22H2,1H3. The third kappa shape index (κ3) is 6.28. The first-order valence-corrected chi connectivity index (χ1v) is 12.6. The van der Waals surface area contributed by atoms with Crippen LogP contribution in [0.5, 0.6) is 0 Å². The van der Waals surface area contributed by atoms with Crippen molar-refractivity contribution in [2.24, 2.45) is 0 Å². The van der Waals surface area contributed by atoms with Crippen LogP contribution in [-0.4, -0.2) is 11.5 Å². The van der Waals surface area contributed by atoms with Gasteiger partial charge in [0.15, 0.2) is 0 Å². The first-order chi connectivity index (χ1) is 14.3. The van der Waals surface area contributed by atoms with Crippen LogP contribution in [0, 0.1) is 0 Å². The van der Waals surface area contributed by atoms with Crippen molar-refractivity contribution < 1.29 is 0 Å². The topological polar surface area (TPSA) is 3.24 Å². The summed E-state index contributed by atoms with van der Waals surface area (Å²) in [5.74, 6) is 0. The summed E-state index contributed by atoms with van der Waals surface area (Å²) < 4.78 is 0. The van der Waals surface area contributed by atoms with Crippen molar-refractivity contribution in [1.82, 2.24) is 0 Å². The van der Waals surface area contributed by atoms with Crippen molar-refractivity contribution >= 4 is 33.7 Å². The zero-order valence-corrected chi connectivity index (χ0v) is 19.2. The summed E-state index contributed by atoms with van der Waals surface area (Å²) in [6, 6.07) is 13.1. The predicted molar refractivity (Wildman–Crippen MR) is 133 cm³/mol. The lowest BCUT2D eigenvalue weighted by molar-refractivity contribution is 0.536. The first-order valence-electron chi connectivity index (χ1n) is 12.2. The number of hydrogen-bond donors (Lipinski definition) is 0. The number of benzene rings is 2. The highest BCUT2D eigenvalue weighted by Crippen LogP contribution is 2.37. The van der Waals surface area contributed by atoms with Crippen molar-refractivity contribution in [1.29, 1.82) is 0 Å². The van der Waals surface area contributed by atoms with Gasteiger partial charge in [0.25, 0.3) is 0 Å². The molecule has 158 valence electrons. The van der Waals surface area contributed by atoms with Crippen LogP contribution in [-0.2, 0) is 0 Å². The summed E-state index contributed by atoms with van der Waals surface area (Å²) in [4.78, 5) is 3.39. The van der Waals surface area contributed by atoms with Crippen molar-refractivity contribution in [3.05, 3.63) is 42.0 Å². The van der Waals surface area contributed by atoms with Crippen LogP contribution in [0.15, 0.2) is 36.4 Å². The van der Waals surface area contributed by atoms with Gasteiger partial charge < -0.3 is 4.90 Å². The van der Waals surface area contributed by atoms with E-state index in [-0.39, 0.29) is 0 Å². The molecule has 0 radical (unpaired) electrons. The van der Waals surface area contributed by atoms with Crippen LogP contribution in [0.25, 0.3) is 10.8 Å². The molecular weight excluding hydrogens is 370 g/mol. The molecule has 1 heterocycles. The van der Waals surface area contributed by atoms with E-state index < -0.39 is 0 Å². The summed E-state index contributed by atoms with van der Waals surface area (Å²) in [6.45, 7) is 3.35. The first kappa shape index (κ1) is 22.3. The van der Waals surface area contributed by atoms with Crippen LogP contribution in [0.4, 0.5) is 5.69 Å². The lowest BCUT2D eigenvalue weighted by Crippen LogP contribution is -2.26. The van der Waals surface area contributed by atoms with Gasteiger partial charge in [-0.25, -0.2) is 0 Å². The smallest absolute Gasteiger partial charge is 0.114 e. The number of unbranched alkanes of at least 4 members (excludes halogenated alkanes) is 13. The molecular formula is C27H39NS. The molecule has 0 aromatic heterocycles. The van der Waals surface area contributed by atoms with E-state index in [1.165, 1.54) is 112 Å². The number of hydrogen-bond acceptors (Lipinski definition) is 1. The minimum Gasteiger partial charge on any atom is -0.332 e. The maximum atomic E-state index is 5.78. The molecule has 0 saturated carbocycles. The van der Waals surface area contributed by atoms with Gasteiger partial charge in [0.05, 0.1) is 5.69 Å². The van der Waals surface area contributed by atoms with Crippen molar-refractivity contribution in [3.63, 3.8) is 0 Å². The number of anilines is 1. The third-order valence-electron chi connectivity index (χ3n) is 6.38. The predicted octanol–water partition coefficient (Wildman–Crippen LogP) is 8.82. The number of nitrogens with zero attached hydrogens (tertiary/aromatic N) is 1. The fourth-order valence-corrected chi connectivity index (χ4v) is 5.03. The zero-order chi connectivity index (χ0) is 20.3. The fraction of sp³-hybridized carbons (Fsp3) is 0.593. The van der Waals surface area contributed by atoms with Crippen molar-refractivity contribution in [3.8, 4) is 0 Å². The molecule has 0 spiro atoms. The van der Waals surface area contributed by atoms with E-state index in [0.29, 0.717) is 0 Å². The average Bonchev–Trinajstić information content (AvgIpc) is 3.02. The second-order valence-electron chi connectivity index (χ2n) is 8.73. The molecule has 0 bridgehead atoms. The Kier molecular flexibility index (Phi) is 9.47. The molecule has 1 aliphatic heterocycles. The second kappa shape index (κ2) is 12.3. The highest BCUT2D eigenvalue weighted by atomic mass is 32.1. The van der Waals surface area contributed by atoms with Crippen LogP contribution >= 0.6 is 12.2 Å². The van der Waals surface area contributed by atoms with Gasteiger partial charge in [-0.15, -0.1) is 0 Å². The molecule has 1 aliphatic rings. The molecule has 0 N–H and O–H groups in total. The molecule has 0 saturated heterocycles. The quantitative estimate of drug-likeness (QED) is 0.213. The lowest BCUT2D eigenvalue weighted by Gasteiger charge is -2.19. The van der Waals surface area contributed by atoms with E-state index in [1.807, 2.05) is 0 Å². The van der Waals surface area contributed by atoms with Crippen LogP contribution in [0.1, 0.15) is 102 Å². The molecule has 2 heteroatoms. The van der Waals surface area contributed by atoms with Crippen molar-refractivity contribution in [2.75, 3.05) is 11.4 Å². The van der Waals surface area contributed by atoms with Crippen LogP contribution < -0.4 is 4.90 Å². The van der Waals surface area contributed by atoms with Gasteiger partial charge >= 0.3 is 0 Å². The summed E-state index contributed by atoms with van der Waals surface area (Å²) in [6.07, 6.45) is 19.7. The molecule has 0 fully saturated rings. The Morgan fingerprint density at radius 3 is 1.76 bits per heavy atom. The van der Waals surface area contributed by atoms with E-state index in [1.54, 1.807) is 0 Å². The summed E-state index contributed by atoms with van der Waals surface area (Å²) >= 11 is 5.78. The largest absolute Gasteiger partial charge is 0.332 e. The van der Waals surface area contributed by atoms with E-state index in [4.69, 9.17) is 12.2 Å². The van der Waals surface area contributed by atoms with E-state index in [0.717, 1.165) is 11.5 Å². The van der Waals surface area contributed by atoms with Crippen LogP contribution in [0.3, 0.4) is 0 Å². The molecule has 0 aliphatic carbocycles.